The number of aromatic nitrogens is 2. The van der Waals surface area contributed by atoms with Crippen molar-refractivity contribution >= 4 is 16.9 Å². The summed E-state index contributed by atoms with van der Waals surface area (Å²) in [5, 5.41) is 10.1. The van der Waals surface area contributed by atoms with Gasteiger partial charge in [0.2, 0.25) is 0 Å². The summed E-state index contributed by atoms with van der Waals surface area (Å²) in [7, 11) is 0. The minimum atomic E-state index is -0.938. The molecule has 0 bridgehead atoms. The number of carbonyl (C=O) groups is 1. The molecule has 0 unspecified atom stereocenters. The molecule has 0 amide bonds. The standard InChI is InChI=1S/C14H10N2O2/c17-14(18)12-8-15-7-11(12)9-5-6-16-13-4-2-1-3-10(9)13/h1-8,15H,(H,17,18). The van der Waals surface area contributed by atoms with E-state index in [4.69, 9.17) is 5.11 Å². The van der Waals surface area contributed by atoms with Gasteiger partial charge in [-0.3, -0.25) is 4.98 Å². The predicted molar refractivity (Wildman–Crippen MR) is 68.5 cm³/mol. The summed E-state index contributed by atoms with van der Waals surface area (Å²) in [4.78, 5) is 18.3. The zero-order valence-corrected chi connectivity index (χ0v) is 9.42. The summed E-state index contributed by atoms with van der Waals surface area (Å²) in [6.45, 7) is 0. The normalized spacial score (nSPS) is 10.7. The Labute approximate surface area is 103 Å². The molecule has 0 saturated carbocycles. The first-order valence-corrected chi connectivity index (χ1v) is 5.51. The molecule has 0 fully saturated rings. The van der Waals surface area contributed by atoms with Crippen LogP contribution in [0.1, 0.15) is 10.4 Å². The van der Waals surface area contributed by atoms with E-state index in [0.717, 1.165) is 16.5 Å². The second-order valence-corrected chi connectivity index (χ2v) is 3.96. The number of fused-ring (bicyclic) bond motifs is 1. The van der Waals surface area contributed by atoms with Gasteiger partial charge >= 0.3 is 5.97 Å². The van der Waals surface area contributed by atoms with Crippen molar-refractivity contribution in [3.8, 4) is 11.1 Å². The lowest BCUT2D eigenvalue weighted by Gasteiger charge is -2.05. The summed E-state index contributed by atoms with van der Waals surface area (Å²) >= 11 is 0. The van der Waals surface area contributed by atoms with Crippen LogP contribution in [0.25, 0.3) is 22.0 Å². The van der Waals surface area contributed by atoms with E-state index >= 15 is 0 Å². The molecule has 0 aliphatic heterocycles. The third-order valence-electron chi connectivity index (χ3n) is 2.92. The Morgan fingerprint density at radius 1 is 1.11 bits per heavy atom. The average Bonchev–Trinajstić information content (AvgIpc) is 2.87. The van der Waals surface area contributed by atoms with Crippen LogP contribution in [0.2, 0.25) is 0 Å². The Balaban J connectivity index is 2.32. The van der Waals surface area contributed by atoms with Crippen LogP contribution in [0.5, 0.6) is 0 Å². The van der Waals surface area contributed by atoms with Crippen molar-refractivity contribution in [2.45, 2.75) is 0 Å². The fourth-order valence-corrected chi connectivity index (χ4v) is 2.09. The van der Waals surface area contributed by atoms with Crippen LogP contribution in [0.15, 0.2) is 48.9 Å². The maximum Gasteiger partial charge on any atom is 0.337 e. The summed E-state index contributed by atoms with van der Waals surface area (Å²) in [5.74, 6) is -0.938. The number of aromatic carboxylic acids is 1. The van der Waals surface area contributed by atoms with E-state index in [1.165, 1.54) is 6.20 Å². The number of hydrogen-bond donors (Lipinski definition) is 2. The third-order valence-corrected chi connectivity index (χ3v) is 2.92. The van der Waals surface area contributed by atoms with E-state index in [0.29, 0.717) is 5.56 Å². The zero-order valence-electron chi connectivity index (χ0n) is 9.42. The summed E-state index contributed by atoms with van der Waals surface area (Å²) in [5.41, 5.74) is 2.68. The van der Waals surface area contributed by atoms with Crippen LogP contribution in [0.4, 0.5) is 0 Å². The van der Waals surface area contributed by atoms with Crippen molar-refractivity contribution in [2.24, 2.45) is 0 Å². The van der Waals surface area contributed by atoms with Crippen molar-refractivity contribution in [3.05, 3.63) is 54.5 Å². The molecule has 3 rings (SSSR count). The van der Waals surface area contributed by atoms with Gasteiger partial charge in [-0.25, -0.2) is 4.79 Å². The first-order chi connectivity index (χ1) is 8.77. The number of para-hydroxylation sites is 1. The maximum absolute atomic E-state index is 11.2. The van der Waals surface area contributed by atoms with Gasteiger partial charge in [0.15, 0.2) is 0 Å². The number of aromatic amines is 1. The fourth-order valence-electron chi connectivity index (χ4n) is 2.09. The molecule has 3 aromatic rings. The Bertz CT molecular complexity index is 726. The molecule has 2 N–H and O–H groups in total. The van der Waals surface area contributed by atoms with E-state index in [1.807, 2.05) is 30.3 Å². The monoisotopic (exact) mass is 238 g/mol. The third kappa shape index (κ3) is 1.55. The highest BCUT2D eigenvalue weighted by molar-refractivity contribution is 6.02. The summed E-state index contributed by atoms with van der Waals surface area (Å²) in [6, 6.07) is 9.51. The minimum absolute atomic E-state index is 0.270. The lowest BCUT2D eigenvalue weighted by molar-refractivity contribution is 0.0698. The van der Waals surface area contributed by atoms with Gasteiger partial charge in [-0.2, -0.15) is 0 Å². The number of carboxylic acid groups (broad SMARTS) is 1. The van der Waals surface area contributed by atoms with E-state index < -0.39 is 5.97 Å². The van der Waals surface area contributed by atoms with Crippen molar-refractivity contribution < 1.29 is 9.90 Å². The van der Waals surface area contributed by atoms with Gasteiger partial charge in [0.05, 0.1) is 11.1 Å². The number of benzene rings is 1. The SMILES string of the molecule is O=C(O)c1c[nH]cc1-c1ccnc2ccccc12. The number of pyridine rings is 1. The quantitative estimate of drug-likeness (QED) is 0.721. The van der Waals surface area contributed by atoms with Crippen LogP contribution in [-0.2, 0) is 0 Å². The maximum atomic E-state index is 11.2. The second-order valence-electron chi connectivity index (χ2n) is 3.96. The predicted octanol–water partition coefficient (Wildman–Crippen LogP) is 2.93. The van der Waals surface area contributed by atoms with Crippen molar-refractivity contribution in [3.63, 3.8) is 0 Å². The van der Waals surface area contributed by atoms with Crippen LogP contribution in [0, 0.1) is 0 Å². The Morgan fingerprint density at radius 3 is 2.78 bits per heavy atom. The molecule has 4 heteroatoms. The Morgan fingerprint density at radius 2 is 1.94 bits per heavy atom. The first kappa shape index (κ1) is 10.5. The summed E-state index contributed by atoms with van der Waals surface area (Å²) in [6.07, 6.45) is 4.88. The van der Waals surface area contributed by atoms with Gasteiger partial charge in [0.25, 0.3) is 0 Å². The van der Waals surface area contributed by atoms with Crippen molar-refractivity contribution in [1.82, 2.24) is 9.97 Å². The highest BCUT2D eigenvalue weighted by Crippen LogP contribution is 2.29. The number of nitrogens with one attached hydrogen (secondary N) is 1. The van der Waals surface area contributed by atoms with E-state index in [9.17, 15) is 4.79 Å². The van der Waals surface area contributed by atoms with E-state index in [2.05, 4.69) is 9.97 Å². The second kappa shape index (κ2) is 4.00. The molecule has 0 aliphatic rings. The molecular formula is C14H10N2O2. The highest BCUT2D eigenvalue weighted by Gasteiger charge is 2.14. The zero-order chi connectivity index (χ0) is 12.5. The van der Waals surface area contributed by atoms with Gasteiger partial charge in [0, 0.05) is 29.5 Å². The van der Waals surface area contributed by atoms with Crippen molar-refractivity contribution in [1.29, 1.82) is 0 Å². The molecule has 0 saturated heterocycles. The Kier molecular flexibility index (Phi) is 2.34. The number of carboxylic acids is 1. The molecule has 0 aliphatic carbocycles. The molecule has 1 aromatic carbocycles. The molecule has 0 radical (unpaired) electrons. The van der Waals surface area contributed by atoms with Crippen LogP contribution in [0.3, 0.4) is 0 Å². The highest BCUT2D eigenvalue weighted by atomic mass is 16.4. The number of hydrogen-bond acceptors (Lipinski definition) is 2. The summed E-state index contributed by atoms with van der Waals surface area (Å²) < 4.78 is 0. The number of rotatable bonds is 2. The Hall–Kier alpha value is -2.62. The van der Waals surface area contributed by atoms with Crippen LogP contribution < -0.4 is 0 Å². The fraction of sp³-hybridized carbons (Fsp3) is 0. The molecule has 2 heterocycles. The van der Waals surface area contributed by atoms with Gasteiger partial charge in [-0.1, -0.05) is 18.2 Å². The average molecular weight is 238 g/mol. The van der Waals surface area contributed by atoms with Gasteiger partial charge in [-0.05, 0) is 17.7 Å². The molecule has 4 nitrogen and oxygen atoms in total. The van der Waals surface area contributed by atoms with E-state index in [1.54, 1.807) is 12.4 Å². The molecular weight excluding hydrogens is 228 g/mol. The number of nitrogens with zero attached hydrogens (tertiary/aromatic N) is 1. The lowest BCUT2D eigenvalue weighted by Crippen LogP contribution is -1.96. The lowest BCUT2D eigenvalue weighted by atomic mass is 10.0. The number of H-pyrrole nitrogens is 1. The molecule has 18 heavy (non-hydrogen) atoms. The van der Waals surface area contributed by atoms with Crippen LogP contribution >= 0.6 is 0 Å². The van der Waals surface area contributed by atoms with Gasteiger partial charge in [-0.15, -0.1) is 0 Å². The topological polar surface area (TPSA) is 66.0 Å². The molecule has 2 aromatic heterocycles. The largest absolute Gasteiger partial charge is 0.478 e. The van der Waals surface area contributed by atoms with E-state index in [-0.39, 0.29) is 5.56 Å². The van der Waals surface area contributed by atoms with Crippen molar-refractivity contribution in [2.75, 3.05) is 0 Å². The van der Waals surface area contributed by atoms with Gasteiger partial charge < -0.3 is 10.1 Å². The molecule has 88 valence electrons. The first-order valence-electron chi connectivity index (χ1n) is 5.51. The van der Waals surface area contributed by atoms with Gasteiger partial charge in [0.1, 0.15) is 0 Å². The smallest absolute Gasteiger partial charge is 0.337 e. The molecule has 0 atom stereocenters. The minimum Gasteiger partial charge on any atom is -0.478 e. The molecule has 0 spiro atoms. The van der Waals surface area contributed by atoms with Crippen LogP contribution in [-0.4, -0.2) is 21.0 Å².